The molecule has 0 saturated carbocycles. The molecule has 0 bridgehead atoms. The third-order valence-electron chi connectivity index (χ3n) is 3.69. The predicted octanol–water partition coefficient (Wildman–Crippen LogP) is 2.44. The summed E-state index contributed by atoms with van der Waals surface area (Å²) in [5.41, 5.74) is 7.34. The van der Waals surface area contributed by atoms with Gasteiger partial charge in [0.2, 0.25) is 5.91 Å². The van der Waals surface area contributed by atoms with Crippen LogP contribution in [0.4, 0.5) is 11.4 Å². The molecule has 1 heterocycles. The maximum absolute atomic E-state index is 12.7. The minimum Gasteiger partial charge on any atom is -0.399 e. The van der Waals surface area contributed by atoms with E-state index in [4.69, 9.17) is 10.5 Å². The lowest BCUT2D eigenvalue weighted by molar-refractivity contribution is -0.124. The van der Waals surface area contributed by atoms with Crippen LogP contribution in [0.1, 0.15) is 26.7 Å². The Labute approximate surface area is 114 Å². The van der Waals surface area contributed by atoms with E-state index in [2.05, 4.69) is 6.92 Å². The van der Waals surface area contributed by atoms with Crippen LogP contribution in [0.3, 0.4) is 0 Å². The molecule has 1 aliphatic rings. The zero-order chi connectivity index (χ0) is 13.8. The number of hydrogen-bond donors (Lipinski definition) is 1. The molecule has 1 aromatic carbocycles. The van der Waals surface area contributed by atoms with E-state index in [0.717, 1.165) is 18.5 Å². The second kappa shape index (κ2) is 6.06. The smallest absolute Gasteiger partial charge is 0.232 e. The van der Waals surface area contributed by atoms with Crippen LogP contribution in [-0.2, 0) is 9.53 Å². The zero-order valence-corrected chi connectivity index (χ0v) is 11.6. The number of amides is 1. The largest absolute Gasteiger partial charge is 0.399 e. The topological polar surface area (TPSA) is 55.6 Å². The van der Waals surface area contributed by atoms with E-state index in [1.165, 1.54) is 0 Å². The highest BCUT2D eigenvalue weighted by Gasteiger charge is 2.35. The van der Waals surface area contributed by atoms with E-state index in [9.17, 15) is 4.79 Å². The zero-order valence-electron chi connectivity index (χ0n) is 11.6. The van der Waals surface area contributed by atoms with Gasteiger partial charge in [0.1, 0.15) is 0 Å². The Morgan fingerprint density at radius 2 is 2.26 bits per heavy atom. The maximum atomic E-state index is 12.7. The van der Waals surface area contributed by atoms with Crippen molar-refractivity contribution in [2.75, 3.05) is 23.8 Å². The van der Waals surface area contributed by atoms with Gasteiger partial charge in [0.25, 0.3) is 0 Å². The number of nitrogens with zero attached hydrogens (tertiary/aromatic N) is 1. The van der Waals surface area contributed by atoms with Crippen molar-refractivity contribution in [2.24, 2.45) is 5.92 Å². The summed E-state index contributed by atoms with van der Waals surface area (Å²) in [5.74, 6) is 0.129. The number of anilines is 2. The lowest BCUT2D eigenvalue weighted by Crippen LogP contribution is -2.39. The van der Waals surface area contributed by atoms with Crippen LogP contribution in [0.15, 0.2) is 24.3 Å². The summed E-state index contributed by atoms with van der Waals surface area (Å²) in [5, 5.41) is 0. The quantitative estimate of drug-likeness (QED) is 0.848. The van der Waals surface area contributed by atoms with Gasteiger partial charge in [-0.1, -0.05) is 13.0 Å². The van der Waals surface area contributed by atoms with Gasteiger partial charge in [0.15, 0.2) is 0 Å². The van der Waals surface area contributed by atoms with Crippen LogP contribution in [0, 0.1) is 5.92 Å². The van der Waals surface area contributed by atoms with Gasteiger partial charge in [-0.05, 0) is 38.0 Å². The fraction of sp³-hybridized carbons (Fsp3) is 0.533. The summed E-state index contributed by atoms with van der Waals surface area (Å²) in [7, 11) is 0. The summed E-state index contributed by atoms with van der Waals surface area (Å²) in [4.78, 5) is 14.5. The van der Waals surface area contributed by atoms with Gasteiger partial charge in [-0.3, -0.25) is 4.79 Å². The molecule has 104 valence electrons. The predicted molar refractivity (Wildman–Crippen MR) is 77.0 cm³/mol. The third-order valence-corrected chi connectivity index (χ3v) is 3.69. The van der Waals surface area contributed by atoms with Crippen LogP contribution < -0.4 is 10.6 Å². The molecule has 4 heteroatoms. The lowest BCUT2D eigenvalue weighted by Gasteiger charge is -2.26. The van der Waals surface area contributed by atoms with Crippen molar-refractivity contribution >= 4 is 17.3 Å². The maximum Gasteiger partial charge on any atom is 0.232 e. The first-order valence-electron chi connectivity index (χ1n) is 6.95. The highest BCUT2D eigenvalue weighted by molar-refractivity contribution is 5.95. The molecule has 2 atom stereocenters. The number of benzene rings is 1. The normalized spacial score (nSPS) is 22.4. The molecule has 1 aliphatic heterocycles. The molecule has 2 unspecified atom stereocenters. The van der Waals surface area contributed by atoms with E-state index in [1.807, 2.05) is 31.2 Å². The summed E-state index contributed by atoms with van der Waals surface area (Å²) in [6.45, 7) is 5.38. The number of nitrogen functional groups attached to an aromatic ring is 1. The minimum atomic E-state index is -0.0219. The van der Waals surface area contributed by atoms with Gasteiger partial charge >= 0.3 is 0 Å². The molecule has 1 amide bonds. The number of hydrogen-bond acceptors (Lipinski definition) is 3. The second-order valence-electron chi connectivity index (χ2n) is 4.89. The standard InChI is InChI=1S/C15H22N2O2/c1-3-14-13(8-9-19-14)15(18)17(4-2)12-7-5-6-11(16)10-12/h5-7,10,13-14H,3-4,8-9,16H2,1-2H3. The van der Waals surface area contributed by atoms with Crippen molar-refractivity contribution in [3.63, 3.8) is 0 Å². The first-order valence-corrected chi connectivity index (χ1v) is 6.95. The summed E-state index contributed by atoms with van der Waals surface area (Å²) in [6.07, 6.45) is 1.75. The van der Waals surface area contributed by atoms with Crippen molar-refractivity contribution in [3.8, 4) is 0 Å². The van der Waals surface area contributed by atoms with E-state index in [0.29, 0.717) is 18.8 Å². The molecule has 2 rings (SSSR count). The van der Waals surface area contributed by atoms with E-state index < -0.39 is 0 Å². The van der Waals surface area contributed by atoms with Gasteiger partial charge < -0.3 is 15.4 Å². The number of carbonyl (C=O) groups excluding carboxylic acids is 1. The first-order chi connectivity index (χ1) is 9.17. The molecule has 1 fully saturated rings. The van der Waals surface area contributed by atoms with Gasteiger partial charge in [0.05, 0.1) is 12.0 Å². The van der Waals surface area contributed by atoms with Crippen LogP contribution in [0.25, 0.3) is 0 Å². The monoisotopic (exact) mass is 262 g/mol. The second-order valence-corrected chi connectivity index (χ2v) is 4.89. The number of carbonyl (C=O) groups is 1. The fourth-order valence-electron chi connectivity index (χ4n) is 2.69. The molecular weight excluding hydrogens is 240 g/mol. The Bertz CT molecular complexity index is 448. The van der Waals surface area contributed by atoms with Crippen molar-refractivity contribution in [1.82, 2.24) is 0 Å². The van der Waals surface area contributed by atoms with Crippen LogP contribution >= 0.6 is 0 Å². The summed E-state index contributed by atoms with van der Waals surface area (Å²) in [6, 6.07) is 7.48. The molecule has 0 spiro atoms. The van der Waals surface area contributed by atoms with Crippen molar-refractivity contribution < 1.29 is 9.53 Å². The third kappa shape index (κ3) is 2.89. The molecule has 0 aliphatic carbocycles. The number of nitrogens with two attached hydrogens (primary N) is 1. The highest BCUT2D eigenvalue weighted by atomic mass is 16.5. The summed E-state index contributed by atoms with van der Waals surface area (Å²) >= 11 is 0. The number of ether oxygens (including phenoxy) is 1. The molecular formula is C15H22N2O2. The Balaban J connectivity index is 2.19. The highest BCUT2D eigenvalue weighted by Crippen LogP contribution is 2.28. The van der Waals surface area contributed by atoms with E-state index in [1.54, 1.807) is 4.90 Å². The van der Waals surface area contributed by atoms with Crippen molar-refractivity contribution in [3.05, 3.63) is 24.3 Å². The Kier molecular flexibility index (Phi) is 4.43. The SMILES string of the molecule is CCC1OCCC1C(=O)N(CC)c1cccc(N)c1. The number of rotatable bonds is 4. The van der Waals surface area contributed by atoms with Gasteiger partial charge in [-0.15, -0.1) is 0 Å². The molecule has 4 nitrogen and oxygen atoms in total. The van der Waals surface area contributed by atoms with E-state index in [-0.39, 0.29) is 17.9 Å². The van der Waals surface area contributed by atoms with Gasteiger partial charge in [-0.25, -0.2) is 0 Å². The molecule has 1 aromatic rings. The summed E-state index contributed by atoms with van der Waals surface area (Å²) < 4.78 is 5.62. The molecule has 1 saturated heterocycles. The Morgan fingerprint density at radius 3 is 2.89 bits per heavy atom. The minimum absolute atomic E-state index is 0.0219. The van der Waals surface area contributed by atoms with Crippen molar-refractivity contribution in [1.29, 1.82) is 0 Å². The average Bonchev–Trinajstić information content (AvgIpc) is 2.87. The first kappa shape index (κ1) is 13.9. The van der Waals surface area contributed by atoms with Crippen LogP contribution in [0.2, 0.25) is 0 Å². The lowest BCUT2D eigenvalue weighted by atomic mass is 9.97. The molecule has 0 aromatic heterocycles. The molecule has 2 N–H and O–H groups in total. The van der Waals surface area contributed by atoms with E-state index >= 15 is 0 Å². The molecule has 19 heavy (non-hydrogen) atoms. The fourth-order valence-corrected chi connectivity index (χ4v) is 2.69. The average molecular weight is 262 g/mol. The Hall–Kier alpha value is -1.55. The van der Waals surface area contributed by atoms with Crippen LogP contribution in [-0.4, -0.2) is 25.2 Å². The van der Waals surface area contributed by atoms with Crippen molar-refractivity contribution in [2.45, 2.75) is 32.8 Å². The van der Waals surface area contributed by atoms with Gasteiger partial charge in [0, 0.05) is 24.5 Å². The molecule has 0 radical (unpaired) electrons. The Morgan fingerprint density at radius 1 is 1.47 bits per heavy atom. The van der Waals surface area contributed by atoms with Crippen LogP contribution in [0.5, 0.6) is 0 Å². The van der Waals surface area contributed by atoms with Gasteiger partial charge in [-0.2, -0.15) is 0 Å².